The number of nitrogens with one attached hydrogen (secondary N) is 3. The number of rotatable bonds is 5. The molecule has 1 aromatic heterocycles. The van der Waals surface area contributed by atoms with Crippen molar-refractivity contribution < 1.29 is 18.1 Å². The van der Waals surface area contributed by atoms with E-state index < -0.39 is 21.0 Å². The van der Waals surface area contributed by atoms with Crippen LogP contribution in [0.25, 0.3) is 0 Å². The molecule has 122 valence electrons. The van der Waals surface area contributed by atoms with Gasteiger partial charge in [0.05, 0.1) is 16.9 Å². The zero-order valence-corrected chi connectivity index (χ0v) is 12.6. The van der Waals surface area contributed by atoms with Crippen molar-refractivity contribution in [2.75, 3.05) is 16.4 Å². The standard InChI is InChI=1S/C11H12N6O5S/c1-23(21,22)15-9-4-2-8(3-5-9)13-14-11(18)16-7-10(6-12-16)17(19)20/h2-7,13,15H,1H3,(H,14,18). The molecular formula is C11H12N6O5S. The second-order valence-corrected chi connectivity index (χ2v) is 6.16. The molecular weight excluding hydrogens is 328 g/mol. The molecule has 0 bridgehead atoms. The molecule has 1 aromatic carbocycles. The summed E-state index contributed by atoms with van der Waals surface area (Å²) >= 11 is 0. The van der Waals surface area contributed by atoms with Crippen LogP contribution in [0.15, 0.2) is 36.7 Å². The van der Waals surface area contributed by atoms with Crippen molar-refractivity contribution in [3.05, 3.63) is 46.8 Å². The van der Waals surface area contributed by atoms with E-state index in [-0.39, 0.29) is 5.69 Å². The van der Waals surface area contributed by atoms with Crippen LogP contribution in [0.1, 0.15) is 0 Å². The molecule has 2 rings (SSSR count). The molecule has 0 saturated carbocycles. The lowest BCUT2D eigenvalue weighted by atomic mass is 10.3. The lowest BCUT2D eigenvalue weighted by Crippen LogP contribution is -2.33. The number of nitro groups is 1. The summed E-state index contributed by atoms with van der Waals surface area (Å²) in [6.07, 6.45) is 2.95. The van der Waals surface area contributed by atoms with Crippen LogP contribution >= 0.6 is 0 Å². The lowest BCUT2D eigenvalue weighted by molar-refractivity contribution is -0.384. The highest BCUT2D eigenvalue weighted by molar-refractivity contribution is 7.92. The summed E-state index contributed by atoms with van der Waals surface area (Å²) in [7, 11) is -3.36. The Labute approximate surface area is 130 Å². The van der Waals surface area contributed by atoms with E-state index >= 15 is 0 Å². The number of sulfonamides is 1. The van der Waals surface area contributed by atoms with Crippen LogP contribution < -0.4 is 15.6 Å². The average Bonchev–Trinajstić information content (AvgIpc) is 2.94. The molecule has 0 saturated heterocycles. The fourth-order valence-corrected chi connectivity index (χ4v) is 2.10. The van der Waals surface area contributed by atoms with Crippen molar-refractivity contribution in [3.63, 3.8) is 0 Å². The van der Waals surface area contributed by atoms with Crippen molar-refractivity contribution in [1.29, 1.82) is 0 Å². The fraction of sp³-hybridized carbons (Fsp3) is 0.0909. The van der Waals surface area contributed by atoms with Crippen LogP contribution in [-0.2, 0) is 10.0 Å². The third-order valence-electron chi connectivity index (χ3n) is 2.49. The van der Waals surface area contributed by atoms with Gasteiger partial charge in [0.1, 0.15) is 12.4 Å². The first-order valence-corrected chi connectivity index (χ1v) is 7.97. The first-order valence-electron chi connectivity index (χ1n) is 6.08. The number of amides is 1. The van der Waals surface area contributed by atoms with Gasteiger partial charge in [-0.2, -0.15) is 9.78 Å². The summed E-state index contributed by atoms with van der Waals surface area (Å²) in [5.41, 5.74) is 5.38. The Kier molecular flexibility index (Phi) is 4.45. The monoisotopic (exact) mass is 340 g/mol. The second-order valence-electron chi connectivity index (χ2n) is 4.41. The fourth-order valence-electron chi connectivity index (χ4n) is 1.54. The predicted octanol–water partition coefficient (Wildman–Crippen LogP) is 0.748. The van der Waals surface area contributed by atoms with E-state index in [0.717, 1.165) is 23.3 Å². The number of carbonyl (C=O) groups excluding carboxylic acids is 1. The van der Waals surface area contributed by atoms with Crippen molar-refractivity contribution >= 4 is 33.1 Å². The maximum atomic E-state index is 11.7. The average molecular weight is 340 g/mol. The van der Waals surface area contributed by atoms with Crippen LogP contribution in [0, 0.1) is 10.1 Å². The van der Waals surface area contributed by atoms with Crippen LogP contribution in [-0.4, -0.2) is 35.4 Å². The van der Waals surface area contributed by atoms with Gasteiger partial charge in [0, 0.05) is 5.69 Å². The number of benzene rings is 1. The van der Waals surface area contributed by atoms with Crippen LogP contribution in [0.5, 0.6) is 0 Å². The van der Waals surface area contributed by atoms with Gasteiger partial charge in [-0.15, -0.1) is 0 Å². The minimum absolute atomic E-state index is 0.309. The quantitative estimate of drug-likeness (QED) is 0.537. The Balaban J connectivity index is 1.94. The Hall–Kier alpha value is -3.15. The van der Waals surface area contributed by atoms with E-state index in [9.17, 15) is 23.3 Å². The zero-order chi connectivity index (χ0) is 17.0. The van der Waals surface area contributed by atoms with Gasteiger partial charge in [-0.3, -0.25) is 20.3 Å². The summed E-state index contributed by atoms with van der Waals surface area (Å²) in [6, 6.07) is 5.32. The molecule has 3 N–H and O–H groups in total. The largest absolute Gasteiger partial charge is 0.360 e. The van der Waals surface area contributed by atoms with E-state index in [0.29, 0.717) is 11.4 Å². The summed E-state index contributed by atoms with van der Waals surface area (Å²) in [4.78, 5) is 21.6. The molecule has 2 aromatic rings. The van der Waals surface area contributed by atoms with Gasteiger partial charge < -0.3 is 0 Å². The van der Waals surface area contributed by atoms with Gasteiger partial charge in [0.25, 0.3) is 0 Å². The van der Waals surface area contributed by atoms with Crippen LogP contribution in [0.3, 0.4) is 0 Å². The smallest absolute Gasteiger partial charge is 0.297 e. The molecule has 0 aliphatic rings. The molecule has 0 aliphatic carbocycles. The number of anilines is 2. The van der Waals surface area contributed by atoms with Gasteiger partial charge in [0.15, 0.2) is 0 Å². The molecule has 0 fully saturated rings. The lowest BCUT2D eigenvalue weighted by Gasteiger charge is -2.09. The van der Waals surface area contributed by atoms with Gasteiger partial charge >= 0.3 is 11.7 Å². The Morgan fingerprint density at radius 1 is 1.26 bits per heavy atom. The molecule has 0 spiro atoms. The van der Waals surface area contributed by atoms with Gasteiger partial charge in [0.2, 0.25) is 10.0 Å². The summed E-state index contributed by atoms with van der Waals surface area (Å²) in [5.74, 6) is 0. The van der Waals surface area contributed by atoms with Gasteiger partial charge in [-0.1, -0.05) is 0 Å². The molecule has 1 amide bonds. The van der Waals surface area contributed by atoms with Gasteiger partial charge in [-0.25, -0.2) is 18.6 Å². The van der Waals surface area contributed by atoms with Crippen molar-refractivity contribution in [2.24, 2.45) is 0 Å². The van der Waals surface area contributed by atoms with E-state index in [1.54, 1.807) is 0 Å². The Bertz CT molecular complexity index is 829. The highest BCUT2D eigenvalue weighted by Crippen LogP contribution is 2.13. The highest BCUT2D eigenvalue weighted by Gasteiger charge is 2.13. The summed E-state index contributed by atoms with van der Waals surface area (Å²) in [5, 5.41) is 14.1. The SMILES string of the molecule is CS(=O)(=O)Nc1ccc(NNC(=O)n2cc([N+](=O)[O-])cn2)cc1. The highest BCUT2D eigenvalue weighted by atomic mass is 32.2. The van der Waals surface area contributed by atoms with Crippen LogP contribution in [0.2, 0.25) is 0 Å². The first kappa shape index (κ1) is 16.2. The first-order chi connectivity index (χ1) is 10.7. The van der Waals surface area contributed by atoms with E-state index in [2.05, 4.69) is 20.7 Å². The summed E-state index contributed by atoms with van der Waals surface area (Å²) < 4.78 is 25.2. The molecule has 0 atom stereocenters. The normalized spacial score (nSPS) is 10.8. The molecule has 11 nitrogen and oxygen atoms in total. The Morgan fingerprint density at radius 3 is 2.39 bits per heavy atom. The zero-order valence-electron chi connectivity index (χ0n) is 11.8. The number of nitrogens with zero attached hydrogens (tertiary/aromatic N) is 3. The molecule has 0 aliphatic heterocycles. The van der Waals surface area contributed by atoms with E-state index in [1.807, 2.05) is 0 Å². The van der Waals surface area contributed by atoms with E-state index in [4.69, 9.17) is 0 Å². The maximum Gasteiger partial charge on any atom is 0.360 e. The predicted molar refractivity (Wildman–Crippen MR) is 81.3 cm³/mol. The molecule has 0 radical (unpaired) electrons. The molecule has 0 unspecified atom stereocenters. The van der Waals surface area contributed by atoms with Crippen LogP contribution in [0.4, 0.5) is 21.9 Å². The van der Waals surface area contributed by atoms with Crippen molar-refractivity contribution in [3.8, 4) is 0 Å². The van der Waals surface area contributed by atoms with Gasteiger partial charge in [-0.05, 0) is 24.3 Å². The molecule has 1 heterocycles. The minimum atomic E-state index is -3.36. The third kappa shape index (κ3) is 4.67. The third-order valence-corrected chi connectivity index (χ3v) is 3.10. The molecule has 12 heteroatoms. The maximum absolute atomic E-state index is 11.7. The number of hydrazine groups is 1. The minimum Gasteiger partial charge on any atom is -0.297 e. The molecule has 23 heavy (non-hydrogen) atoms. The Morgan fingerprint density at radius 2 is 1.87 bits per heavy atom. The summed E-state index contributed by atoms with van der Waals surface area (Å²) in [6.45, 7) is 0. The number of aromatic nitrogens is 2. The van der Waals surface area contributed by atoms with E-state index in [1.165, 1.54) is 24.3 Å². The number of hydrogen-bond acceptors (Lipinski definition) is 7. The number of hydrogen-bond donors (Lipinski definition) is 3. The number of carbonyl (C=O) groups is 1. The van der Waals surface area contributed by atoms with Crippen molar-refractivity contribution in [1.82, 2.24) is 15.2 Å². The second kappa shape index (κ2) is 6.31. The topological polar surface area (TPSA) is 148 Å². The van der Waals surface area contributed by atoms with Crippen molar-refractivity contribution in [2.45, 2.75) is 0 Å².